The molecule has 3 aromatic rings. The Kier molecular flexibility index (Phi) is 5.13. The highest BCUT2D eigenvalue weighted by atomic mass is 16.3. The van der Waals surface area contributed by atoms with Gasteiger partial charge in [-0.2, -0.15) is 0 Å². The number of amides is 2. The highest BCUT2D eigenvalue weighted by Crippen LogP contribution is 2.33. The number of hydrogen-bond acceptors (Lipinski definition) is 6. The zero-order valence-corrected chi connectivity index (χ0v) is 17.8. The molecule has 2 amide bonds. The number of benzene rings is 2. The molecule has 8 nitrogen and oxygen atoms in total. The summed E-state index contributed by atoms with van der Waals surface area (Å²) in [6, 6.07) is 12.7. The van der Waals surface area contributed by atoms with Crippen LogP contribution in [0.3, 0.4) is 0 Å². The molecule has 2 fully saturated rings. The summed E-state index contributed by atoms with van der Waals surface area (Å²) >= 11 is 0. The fraction of sp³-hybridized carbons (Fsp3) is 0.333. The molecule has 3 N–H and O–H groups in total. The van der Waals surface area contributed by atoms with Gasteiger partial charge >= 0.3 is 0 Å². The number of hydrogen-bond donors (Lipinski definition) is 3. The Bertz CT molecular complexity index is 1220. The quantitative estimate of drug-likeness (QED) is 0.582. The normalized spacial score (nSPS) is 20.5. The first-order valence-corrected chi connectivity index (χ1v) is 10.9. The van der Waals surface area contributed by atoms with Crippen molar-refractivity contribution in [1.82, 2.24) is 20.6 Å². The lowest BCUT2D eigenvalue weighted by Crippen LogP contribution is -2.46. The molecule has 0 saturated carbocycles. The van der Waals surface area contributed by atoms with Crippen molar-refractivity contribution in [3.05, 3.63) is 48.0 Å². The van der Waals surface area contributed by atoms with Gasteiger partial charge in [-0.05, 0) is 49.6 Å². The molecule has 2 aromatic carbocycles. The Labute approximate surface area is 188 Å². The fourth-order valence-corrected chi connectivity index (χ4v) is 4.43. The van der Waals surface area contributed by atoms with E-state index in [0.29, 0.717) is 30.8 Å². The van der Waals surface area contributed by atoms with E-state index in [4.69, 9.17) is 9.97 Å². The van der Waals surface area contributed by atoms with Crippen molar-refractivity contribution in [2.45, 2.75) is 38.3 Å². The standard InChI is InChI=1S/C24H25N5O3.2H2/c1-14-6-7-16-19(12-14)27-22(17-4-2-3-5-20(17)30)28-23(16)29-11-10-15(13-29)25-24(32)18-8-9-21(31)26-18;;/h2-7,12,15,18,30H,8-11,13H2,1H3,(H,25,32)(H,26,31);2*1H/t15-,18?;;/m1../s1. The maximum Gasteiger partial charge on any atom is 0.242 e. The second kappa shape index (κ2) is 8.11. The van der Waals surface area contributed by atoms with Crippen molar-refractivity contribution < 1.29 is 17.5 Å². The number of anilines is 1. The van der Waals surface area contributed by atoms with Gasteiger partial charge in [0.25, 0.3) is 0 Å². The van der Waals surface area contributed by atoms with Gasteiger partial charge in [0.05, 0.1) is 11.1 Å². The molecule has 2 saturated heterocycles. The largest absolute Gasteiger partial charge is 0.507 e. The molecule has 8 heteroatoms. The summed E-state index contributed by atoms with van der Waals surface area (Å²) in [5, 5.41) is 17.1. The highest BCUT2D eigenvalue weighted by Gasteiger charge is 2.32. The minimum absolute atomic E-state index is 0. The Hall–Kier alpha value is -3.68. The summed E-state index contributed by atoms with van der Waals surface area (Å²) in [6.45, 7) is 3.37. The monoisotopic (exact) mass is 435 g/mol. The molecule has 0 radical (unpaired) electrons. The number of carbonyl (C=O) groups is 2. The summed E-state index contributed by atoms with van der Waals surface area (Å²) in [5.41, 5.74) is 2.49. The van der Waals surface area contributed by atoms with E-state index in [9.17, 15) is 14.7 Å². The molecule has 2 aliphatic heterocycles. The number of para-hydroxylation sites is 1. The van der Waals surface area contributed by atoms with E-state index in [0.717, 1.165) is 35.2 Å². The number of carbonyl (C=O) groups excluding carboxylic acids is 2. The van der Waals surface area contributed by atoms with Gasteiger partial charge in [0.2, 0.25) is 11.8 Å². The number of aromatic nitrogens is 2. The topological polar surface area (TPSA) is 107 Å². The van der Waals surface area contributed by atoms with Crippen LogP contribution < -0.4 is 15.5 Å². The van der Waals surface area contributed by atoms with Crippen molar-refractivity contribution >= 4 is 28.5 Å². The molecule has 1 aromatic heterocycles. The summed E-state index contributed by atoms with van der Waals surface area (Å²) < 4.78 is 0. The number of aromatic hydroxyl groups is 1. The van der Waals surface area contributed by atoms with Crippen LogP contribution in [0.25, 0.3) is 22.3 Å². The molecular weight excluding hydrogens is 406 g/mol. The smallest absolute Gasteiger partial charge is 0.242 e. The first-order valence-electron chi connectivity index (χ1n) is 10.9. The van der Waals surface area contributed by atoms with Crippen LogP contribution in [-0.2, 0) is 9.59 Å². The van der Waals surface area contributed by atoms with Crippen molar-refractivity contribution in [2.75, 3.05) is 18.0 Å². The third kappa shape index (κ3) is 3.84. The zero-order valence-electron chi connectivity index (χ0n) is 17.8. The maximum atomic E-state index is 12.5. The van der Waals surface area contributed by atoms with E-state index < -0.39 is 6.04 Å². The molecular formula is C24H29N5O3. The summed E-state index contributed by atoms with van der Waals surface area (Å²) in [4.78, 5) is 35.6. The average molecular weight is 436 g/mol. The van der Waals surface area contributed by atoms with Crippen LogP contribution in [-0.4, -0.2) is 52.1 Å². The fourth-order valence-electron chi connectivity index (χ4n) is 4.43. The van der Waals surface area contributed by atoms with Gasteiger partial charge in [-0.1, -0.05) is 18.2 Å². The van der Waals surface area contributed by atoms with Crippen molar-refractivity contribution in [1.29, 1.82) is 0 Å². The summed E-state index contributed by atoms with van der Waals surface area (Å²) in [7, 11) is 0. The van der Waals surface area contributed by atoms with Crippen molar-refractivity contribution in [3.63, 3.8) is 0 Å². The molecule has 1 unspecified atom stereocenters. The van der Waals surface area contributed by atoms with E-state index in [1.807, 2.05) is 31.2 Å². The van der Waals surface area contributed by atoms with Gasteiger partial charge in [0.15, 0.2) is 5.82 Å². The number of rotatable bonds is 4. The van der Waals surface area contributed by atoms with Gasteiger partial charge in [0.1, 0.15) is 17.6 Å². The van der Waals surface area contributed by atoms with Crippen LogP contribution >= 0.6 is 0 Å². The van der Waals surface area contributed by atoms with Gasteiger partial charge in [-0.25, -0.2) is 9.97 Å². The zero-order chi connectivity index (χ0) is 22.2. The Balaban J connectivity index is 0.00000162. The molecule has 168 valence electrons. The van der Waals surface area contributed by atoms with E-state index in [-0.39, 0.29) is 26.5 Å². The van der Waals surface area contributed by atoms with E-state index in [1.165, 1.54) is 0 Å². The first-order chi connectivity index (χ1) is 15.5. The lowest BCUT2D eigenvalue weighted by atomic mass is 10.1. The van der Waals surface area contributed by atoms with Gasteiger partial charge in [0, 0.05) is 33.8 Å². The van der Waals surface area contributed by atoms with Crippen LogP contribution in [0.4, 0.5) is 5.82 Å². The number of phenols is 1. The molecule has 0 aliphatic carbocycles. The van der Waals surface area contributed by atoms with Crippen molar-refractivity contribution in [3.8, 4) is 17.1 Å². The number of aryl methyl sites for hydroxylation is 1. The van der Waals surface area contributed by atoms with E-state index >= 15 is 0 Å². The molecule has 5 rings (SSSR count). The van der Waals surface area contributed by atoms with Crippen LogP contribution in [0.1, 0.15) is 27.7 Å². The minimum Gasteiger partial charge on any atom is -0.507 e. The predicted molar refractivity (Wildman–Crippen MR) is 126 cm³/mol. The second-order valence-electron chi connectivity index (χ2n) is 8.51. The number of nitrogens with zero attached hydrogens (tertiary/aromatic N) is 3. The highest BCUT2D eigenvalue weighted by molar-refractivity contribution is 5.93. The molecule has 3 heterocycles. The van der Waals surface area contributed by atoms with Crippen LogP contribution in [0.2, 0.25) is 0 Å². The van der Waals surface area contributed by atoms with Gasteiger partial charge < -0.3 is 20.6 Å². The predicted octanol–water partition coefficient (Wildman–Crippen LogP) is 2.78. The Morgan fingerprint density at radius 3 is 2.84 bits per heavy atom. The second-order valence-corrected chi connectivity index (χ2v) is 8.51. The van der Waals surface area contributed by atoms with Crippen LogP contribution in [0.15, 0.2) is 42.5 Å². The summed E-state index contributed by atoms with van der Waals surface area (Å²) in [5.74, 6) is 1.20. The average Bonchev–Trinajstić information content (AvgIpc) is 3.42. The lowest BCUT2D eigenvalue weighted by Gasteiger charge is -2.21. The Morgan fingerprint density at radius 1 is 1.22 bits per heavy atom. The van der Waals surface area contributed by atoms with E-state index in [2.05, 4.69) is 15.5 Å². The minimum atomic E-state index is -0.438. The lowest BCUT2D eigenvalue weighted by molar-refractivity contribution is -0.126. The summed E-state index contributed by atoms with van der Waals surface area (Å²) in [6.07, 6.45) is 1.73. The van der Waals surface area contributed by atoms with Gasteiger partial charge in [-0.3, -0.25) is 9.59 Å². The third-order valence-electron chi connectivity index (χ3n) is 6.12. The first kappa shape index (κ1) is 20.2. The van der Waals surface area contributed by atoms with Crippen molar-refractivity contribution in [2.24, 2.45) is 0 Å². The molecule has 32 heavy (non-hydrogen) atoms. The number of phenolic OH excluding ortho intramolecular Hbond substituents is 1. The van der Waals surface area contributed by atoms with Gasteiger partial charge in [-0.15, -0.1) is 0 Å². The number of nitrogens with one attached hydrogen (secondary N) is 2. The van der Waals surface area contributed by atoms with E-state index in [1.54, 1.807) is 18.2 Å². The third-order valence-corrected chi connectivity index (χ3v) is 6.12. The molecule has 2 atom stereocenters. The Morgan fingerprint density at radius 2 is 2.06 bits per heavy atom. The SMILES string of the molecule is Cc1ccc2c(N3CC[C@@H](NC(=O)C4CCC(=O)N4)C3)nc(-c3ccccc3O)nc2c1.[HH].[HH]. The number of fused-ring (bicyclic) bond motifs is 1. The maximum absolute atomic E-state index is 12.5. The van der Waals surface area contributed by atoms with Crippen LogP contribution in [0, 0.1) is 6.92 Å². The molecule has 0 spiro atoms. The van der Waals surface area contributed by atoms with Crippen LogP contribution in [0.5, 0.6) is 5.75 Å². The molecule has 0 bridgehead atoms. The molecule has 2 aliphatic rings.